The van der Waals surface area contributed by atoms with Crippen LogP contribution in [0.25, 0.3) is 0 Å². The summed E-state index contributed by atoms with van der Waals surface area (Å²) < 4.78 is 67.9. The molecule has 2 aromatic heterocycles. The van der Waals surface area contributed by atoms with E-state index < -0.39 is 20.5 Å². The Morgan fingerprint density at radius 3 is 0.930 bits per heavy atom. The zero-order chi connectivity index (χ0) is 40.5. The first-order chi connectivity index (χ1) is 26.8. The maximum Gasteiger partial charge on any atom is 2.00 e. The number of pyridine rings is 2. The SMILES string of the molecule is C1=NCCN(CCc2ccccc2)CCN=Cc2cccc(n2)C=NCCN(CCc2ccccc2)CCN=Cc2cccc1n2.[Ba+2].[O-][Cl+3]([O-])([O-])[O-].[O-][Cl+3]([O-])([O-])[O-]. The predicted molar refractivity (Wildman–Crippen MR) is 197 cm³/mol. The van der Waals surface area contributed by atoms with Crippen LogP contribution in [0.3, 0.4) is 0 Å². The van der Waals surface area contributed by atoms with Gasteiger partial charge in [0.25, 0.3) is 0 Å². The Hall–Kier alpha value is -2.83. The summed E-state index contributed by atoms with van der Waals surface area (Å²) in [5, 5.41) is 0. The number of aliphatic imine (C=N–C) groups is 4. The Bertz CT molecular complexity index is 1590. The van der Waals surface area contributed by atoms with Gasteiger partial charge in [-0.25, -0.2) is 47.2 Å². The van der Waals surface area contributed by atoms with Crippen molar-refractivity contribution in [2.75, 3.05) is 65.4 Å². The molecule has 2 aromatic carbocycles. The number of aromatic nitrogens is 2. The summed E-state index contributed by atoms with van der Waals surface area (Å²) in [5.74, 6) is 0. The normalized spacial score (nSPS) is 14.9. The largest absolute Gasteiger partial charge is 2.00 e. The molecule has 0 fully saturated rings. The molecule has 0 spiro atoms. The molecule has 1 aliphatic heterocycles. The van der Waals surface area contributed by atoms with E-state index in [4.69, 9.17) is 67.2 Å². The van der Waals surface area contributed by atoms with E-state index in [2.05, 4.69) is 70.5 Å². The maximum atomic E-state index is 8.49. The molecule has 0 atom stereocenters. The molecule has 16 nitrogen and oxygen atoms in total. The molecule has 300 valence electrons. The number of fused-ring (bicyclic) bond motifs is 4. The van der Waals surface area contributed by atoms with Crippen LogP contribution in [0.2, 0.25) is 0 Å². The summed E-state index contributed by atoms with van der Waals surface area (Å²) in [6.45, 7) is 8.09. The van der Waals surface area contributed by atoms with E-state index in [1.807, 2.05) is 61.3 Å². The molecular weight excluding hydrogens is 905 g/mol. The van der Waals surface area contributed by atoms with Crippen LogP contribution in [0, 0.1) is 20.5 Å². The average Bonchev–Trinajstić information content (AvgIpc) is 3.15. The van der Waals surface area contributed by atoms with Gasteiger partial charge >= 0.3 is 48.9 Å². The van der Waals surface area contributed by atoms with Gasteiger partial charge in [0, 0.05) is 64.1 Å². The van der Waals surface area contributed by atoms with Crippen LogP contribution in [0.1, 0.15) is 33.9 Å². The summed E-state index contributed by atoms with van der Waals surface area (Å²) in [7, 11) is -9.89. The number of nitrogens with zero attached hydrogens (tertiary/aromatic N) is 8. The number of benzene rings is 2. The Labute approximate surface area is 377 Å². The fourth-order valence-electron chi connectivity index (χ4n) is 5.19. The zero-order valence-corrected chi connectivity index (χ0v) is 37.3. The van der Waals surface area contributed by atoms with Gasteiger partial charge in [0.05, 0.1) is 49.0 Å². The number of hydrogen-bond acceptors (Lipinski definition) is 16. The number of halogens is 2. The topological polar surface area (TPSA) is 266 Å². The van der Waals surface area contributed by atoms with Gasteiger partial charge < -0.3 is 0 Å². The maximum absolute atomic E-state index is 8.49. The van der Waals surface area contributed by atoms with E-state index in [1.165, 1.54) is 11.1 Å². The Kier molecular flexibility index (Phi) is 25.2. The summed E-state index contributed by atoms with van der Waals surface area (Å²) in [6, 6.07) is 33.2. The van der Waals surface area contributed by atoms with Crippen molar-refractivity contribution >= 4 is 73.7 Å². The molecule has 0 saturated carbocycles. The van der Waals surface area contributed by atoms with Crippen LogP contribution in [-0.2, 0) is 12.8 Å². The third-order valence-corrected chi connectivity index (χ3v) is 7.78. The van der Waals surface area contributed by atoms with Crippen molar-refractivity contribution in [1.29, 1.82) is 0 Å². The van der Waals surface area contributed by atoms with Crippen molar-refractivity contribution < 1.29 is 57.8 Å². The summed E-state index contributed by atoms with van der Waals surface area (Å²) in [5.41, 5.74) is 6.05. The quantitative estimate of drug-likeness (QED) is 0.165. The van der Waals surface area contributed by atoms with Gasteiger partial charge in [0.2, 0.25) is 0 Å². The van der Waals surface area contributed by atoms with Gasteiger partial charge in [-0.3, -0.25) is 29.8 Å². The van der Waals surface area contributed by atoms with Crippen LogP contribution in [0.5, 0.6) is 0 Å². The minimum Gasteiger partial charge on any atom is -0.299 e. The Morgan fingerprint density at radius 1 is 0.404 bits per heavy atom. The van der Waals surface area contributed by atoms with Crippen molar-refractivity contribution in [3.8, 4) is 0 Å². The van der Waals surface area contributed by atoms with E-state index in [1.54, 1.807) is 0 Å². The zero-order valence-electron chi connectivity index (χ0n) is 31.3. The van der Waals surface area contributed by atoms with Gasteiger partial charge in [-0.1, -0.05) is 72.8 Å². The van der Waals surface area contributed by atoms with Crippen molar-refractivity contribution in [2.24, 2.45) is 20.0 Å². The predicted octanol–water partition coefficient (Wildman–Crippen LogP) is -4.94. The monoisotopic (exact) mass is 948 g/mol. The third-order valence-electron chi connectivity index (χ3n) is 7.78. The van der Waals surface area contributed by atoms with Crippen LogP contribution in [0.4, 0.5) is 0 Å². The summed E-state index contributed by atoms with van der Waals surface area (Å²) >= 11 is 0. The summed E-state index contributed by atoms with van der Waals surface area (Å²) in [6.07, 6.45) is 9.46. The second kappa shape index (κ2) is 28.6. The first-order valence-electron chi connectivity index (χ1n) is 17.5. The minimum absolute atomic E-state index is 0. The molecule has 0 saturated heterocycles. The van der Waals surface area contributed by atoms with Gasteiger partial charge in [0.15, 0.2) is 0 Å². The number of rotatable bonds is 6. The minimum atomic E-state index is -4.94. The van der Waals surface area contributed by atoms with E-state index in [9.17, 15) is 0 Å². The Balaban J connectivity index is 0.000000909. The molecule has 4 bridgehead atoms. The van der Waals surface area contributed by atoms with Gasteiger partial charge in [-0.15, -0.1) is 20.5 Å². The van der Waals surface area contributed by atoms with Crippen LogP contribution < -0.4 is 37.3 Å². The Morgan fingerprint density at radius 2 is 0.667 bits per heavy atom. The van der Waals surface area contributed by atoms with Crippen molar-refractivity contribution in [1.82, 2.24) is 19.8 Å². The number of hydrogen-bond donors (Lipinski definition) is 0. The van der Waals surface area contributed by atoms with Crippen molar-refractivity contribution in [2.45, 2.75) is 12.8 Å². The molecule has 57 heavy (non-hydrogen) atoms. The molecule has 0 unspecified atom stereocenters. The average molecular weight is 949 g/mol. The molecule has 5 rings (SSSR count). The third kappa shape index (κ3) is 27.5. The second-order valence-electron chi connectivity index (χ2n) is 12.0. The smallest absolute Gasteiger partial charge is 0.299 e. The standard InChI is InChI=1S/C38H44N8.Ba.2ClHO4/c1-3-9-33(10-4-1)17-23-45-25-19-39-29-35-13-7-15-37(43-35)31-41-21-27-46(24-18-34-11-5-2-6-12-34)28-22-42-32-38-16-8-14-36(44-38)30-40-20-26-45;;2*2-1(3,4)5/h1-16,29-32H,17-28H2;;2*(H,2,3,4,5)/q;+2;;/p-2. The summed E-state index contributed by atoms with van der Waals surface area (Å²) in [4.78, 5) is 33.2. The molecule has 4 aromatic rings. The van der Waals surface area contributed by atoms with Gasteiger partial charge in [-0.05, 0) is 48.2 Å². The van der Waals surface area contributed by atoms with Gasteiger partial charge in [-0.2, -0.15) is 0 Å². The van der Waals surface area contributed by atoms with E-state index >= 15 is 0 Å². The first-order valence-corrected chi connectivity index (χ1v) is 20.0. The first kappa shape index (κ1) is 50.3. The molecule has 19 heteroatoms. The van der Waals surface area contributed by atoms with Crippen molar-refractivity contribution in [3.05, 3.63) is 131 Å². The molecule has 0 N–H and O–H groups in total. The van der Waals surface area contributed by atoms with Crippen LogP contribution in [0.15, 0.2) is 117 Å². The molecule has 0 amide bonds. The molecule has 0 aliphatic carbocycles. The molecular formula is C38H44BaCl2N8O8. The fraction of sp³-hybridized carbons (Fsp3) is 0.316. The molecule has 1 aliphatic rings. The van der Waals surface area contributed by atoms with Gasteiger partial charge in [0.1, 0.15) is 0 Å². The van der Waals surface area contributed by atoms with E-state index in [0.717, 1.165) is 74.9 Å². The molecule has 0 radical (unpaired) electrons. The van der Waals surface area contributed by atoms with Crippen LogP contribution in [-0.4, -0.2) is 159 Å². The van der Waals surface area contributed by atoms with E-state index in [-0.39, 0.29) is 48.9 Å². The van der Waals surface area contributed by atoms with Crippen molar-refractivity contribution in [3.63, 3.8) is 0 Å². The van der Waals surface area contributed by atoms with E-state index in [0.29, 0.717) is 26.2 Å². The fourth-order valence-corrected chi connectivity index (χ4v) is 5.19. The molecule has 3 heterocycles. The second-order valence-corrected chi connectivity index (χ2v) is 13.5. The van der Waals surface area contributed by atoms with Crippen LogP contribution >= 0.6 is 0 Å².